The zero-order valence-electron chi connectivity index (χ0n) is 11.5. The van der Waals surface area contributed by atoms with Gasteiger partial charge in [-0.05, 0) is 47.7 Å². The number of hydrogen-bond acceptors (Lipinski definition) is 2. The van der Waals surface area contributed by atoms with Gasteiger partial charge in [-0.1, -0.05) is 36.4 Å². The fourth-order valence-electron chi connectivity index (χ4n) is 3.50. The van der Waals surface area contributed by atoms with E-state index in [0.29, 0.717) is 5.92 Å². The van der Waals surface area contributed by atoms with E-state index in [9.17, 15) is 0 Å². The highest BCUT2D eigenvalue weighted by Gasteiger charge is 2.32. The lowest BCUT2D eigenvalue weighted by molar-refractivity contribution is 0.296. The summed E-state index contributed by atoms with van der Waals surface area (Å²) in [5, 5.41) is 3.54. The Balaban J connectivity index is 1.79. The Bertz CT molecular complexity index is 608. The average molecular weight is 265 g/mol. The van der Waals surface area contributed by atoms with Crippen LogP contribution in [0.5, 0.6) is 5.75 Å². The molecule has 0 radical (unpaired) electrons. The standard InChI is InChI=1S/C18H19NO/c1-2-4-13(5-3-1)14-6-7-18-16(10-14)17-12-19-11-15(17)8-9-20-18/h1-7,10,15,17,19H,8-9,11-12H2/t15-,17-/m1/s1. The third-order valence-electron chi connectivity index (χ3n) is 4.60. The summed E-state index contributed by atoms with van der Waals surface area (Å²) in [5.74, 6) is 2.42. The highest BCUT2D eigenvalue weighted by molar-refractivity contribution is 5.66. The summed E-state index contributed by atoms with van der Waals surface area (Å²) in [7, 11) is 0. The lowest BCUT2D eigenvalue weighted by atomic mass is 9.86. The SMILES string of the molecule is c1ccc(-c2ccc3c(c2)[C@@H]2CNC[C@H]2CCO3)cc1. The van der Waals surface area contributed by atoms with E-state index in [1.54, 1.807) is 0 Å². The van der Waals surface area contributed by atoms with Crippen molar-refractivity contribution in [3.63, 3.8) is 0 Å². The van der Waals surface area contributed by atoms with Crippen LogP contribution in [0.4, 0.5) is 0 Å². The van der Waals surface area contributed by atoms with Crippen molar-refractivity contribution in [2.75, 3.05) is 19.7 Å². The minimum Gasteiger partial charge on any atom is -0.493 e. The smallest absolute Gasteiger partial charge is 0.122 e. The summed E-state index contributed by atoms with van der Waals surface area (Å²) in [5.41, 5.74) is 3.96. The van der Waals surface area contributed by atoms with Crippen molar-refractivity contribution in [3.8, 4) is 16.9 Å². The molecular weight excluding hydrogens is 246 g/mol. The Labute approximate surface area is 119 Å². The maximum absolute atomic E-state index is 5.95. The predicted octanol–water partition coefficient (Wildman–Crippen LogP) is 3.44. The molecule has 0 bridgehead atoms. The van der Waals surface area contributed by atoms with Crippen LogP contribution in [0, 0.1) is 5.92 Å². The molecule has 4 rings (SSSR count). The van der Waals surface area contributed by atoms with Gasteiger partial charge in [0.05, 0.1) is 6.61 Å². The first-order chi connectivity index (χ1) is 9.92. The van der Waals surface area contributed by atoms with Gasteiger partial charge in [0.2, 0.25) is 0 Å². The van der Waals surface area contributed by atoms with Gasteiger partial charge < -0.3 is 10.1 Å². The van der Waals surface area contributed by atoms with Gasteiger partial charge in [-0.3, -0.25) is 0 Å². The maximum Gasteiger partial charge on any atom is 0.122 e. The molecule has 1 N–H and O–H groups in total. The van der Waals surface area contributed by atoms with Crippen molar-refractivity contribution < 1.29 is 4.74 Å². The molecule has 2 nitrogen and oxygen atoms in total. The molecule has 2 aliphatic heterocycles. The quantitative estimate of drug-likeness (QED) is 0.853. The van der Waals surface area contributed by atoms with E-state index in [2.05, 4.69) is 53.8 Å². The number of hydrogen-bond donors (Lipinski definition) is 1. The summed E-state index contributed by atoms with van der Waals surface area (Å²) >= 11 is 0. The number of ether oxygens (including phenoxy) is 1. The maximum atomic E-state index is 5.95. The van der Waals surface area contributed by atoms with Gasteiger partial charge in [0.15, 0.2) is 0 Å². The fourth-order valence-corrected chi connectivity index (χ4v) is 3.50. The molecule has 0 aliphatic carbocycles. The van der Waals surface area contributed by atoms with Crippen LogP contribution < -0.4 is 10.1 Å². The second kappa shape index (κ2) is 4.95. The van der Waals surface area contributed by atoms with E-state index in [0.717, 1.165) is 37.8 Å². The van der Waals surface area contributed by atoms with E-state index < -0.39 is 0 Å². The minimum atomic E-state index is 0.608. The van der Waals surface area contributed by atoms with Crippen LogP contribution >= 0.6 is 0 Å². The highest BCUT2D eigenvalue weighted by Crippen LogP contribution is 2.40. The molecule has 2 aromatic carbocycles. The minimum absolute atomic E-state index is 0.608. The summed E-state index contributed by atoms with van der Waals surface area (Å²) in [4.78, 5) is 0. The number of nitrogens with one attached hydrogen (secondary N) is 1. The molecule has 102 valence electrons. The summed E-state index contributed by atoms with van der Waals surface area (Å²) in [6, 6.07) is 17.3. The molecule has 2 heteroatoms. The lowest BCUT2D eigenvalue weighted by Crippen LogP contribution is -2.11. The first-order valence-corrected chi connectivity index (χ1v) is 7.45. The van der Waals surface area contributed by atoms with Gasteiger partial charge >= 0.3 is 0 Å². The summed E-state index contributed by atoms with van der Waals surface area (Å²) < 4.78 is 5.95. The Morgan fingerprint density at radius 1 is 0.950 bits per heavy atom. The van der Waals surface area contributed by atoms with Crippen LogP contribution in [-0.2, 0) is 0 Å². The molecule has 2 heterocycles. The van der Waals surface area contributed by atoms with Crippen LogP contribution in [-0.4, -0.2) is 19.7 Å². The molecule has 0 unspecified atom stereocenters. The van der Waals surface area contributed by atoms with Gasteiger partial charge in [-0.2, -0.15) is 0 Å². The molecule has 2 aliphatic rings. The normalized spacial score (nSPS) is 24.4. The Morgan fingerprint density at radius 3 is 2.75 bits per heavy atom. The fraction of sp³-hybridized carbons (Fsp3) is 0.333. The molecule has 20 heavy (non-hydrogen) atoms. The van der Waals surface area contributed by atoms with Gasteiger partial charge in [0.25, 0.3) is 0 Å². The lowest BCUT2D eigenvalue weighted by Gasteiger charge is -2.17. The largest absolute Gasteiger partial charge is 0.493 e. The Kier molecular flexibility index (Phi) is 2.96. The van der Waals surface area contributed by atoms with Crippen LogP contribution in [0.15, 0.2) is 48.5 Å². The molecule has 0 amide bonds. The third-order valence-corrected chi connectivity index (χ3v) is 4.60. The molecule has 0 aromatic heterocycles. The van der Waals surface area contributed by atoms with Crippen molar-refractivity contribution in [2.24, 2.45) is 5.92 Å². The average Bonchev–Trinajstić information content (AvgIpc) is 2.90. The molecule has 2 aromatic rings. The first kappa shape index (κ1) is 12.0. The van der Waals surface area contributed by atoms with Crippen LogP contribution in [0.1, 0.15) is 17.9 Å². The van der Waals surface area contributed by atoms with Crippen molar-refractivity contribution in [1.29, 1.82) is 0 Å². The number of fused-ring (bicyclic) bond motifs is 3. The Hall–Kier alpha value is -1.80. The number of rotatable bonds is 1. The van der Waals surface area contributed by atoms with E-state index in [1.165, 1.54) is 16.7 Å². The zero-order chi connectivity index (χ0) is 13.4. The first-order valence-electron chi connectivity index (χ1n) is 7.45. The molecule has 0 saturated carbocycles. The Morgan fingerprint density at radius 2 is 1.85 bits per heavy atom. The molecule has 2 atom stereocenters. The molecular formula is C18H19NO. The van der Waals surface area contributed by atoms with Crippen LogP contribution in [0.2, 0.25) is 0 Å². The second-order valence-corrected chi connectivity index (χ2v) is 5.78. The monoisotopic (exact) mass is 265 g/mol. The van der Waals surface area contributed by atoms with Crippen molar-refractivity contribution >= 4 is 0 Å². The van der Waals surface area contributed by atoms with Gasteiger partial charge in [-0.25, -0.2) is 0 Å². The number of benzene rings is 2. The molecule has 1 saturated heterocycles. The topological polar surface area (TPSA) is 21.3 Å². The zero-order valence-corrected chi connectivity index (χ0v) is 11.5. The highest BCUT2D eigenvalue weighted by atomic mass is 16.5. The van der Waals surface area contributed by atoms with Crippen molar-refractivity contribution in [2.45, 2.75) is 12.3 Å². The van der Waals surface area contributed by atoms with Crippen molar-refractivity contribution in [1.82, 2.24) is 5.32 Å². The van der Waals surface area contributed by atoms with Gasteiger partial charge in [-0.15, -0.1) is 0 Å². The predicted molar refractivity (Wildman–Crippen MR) is 81.1 cm³/mol. The van der Waals surface area contributed by atoms with Crippen LogP contribution in [0.3, 0.4) is 0 Å². The van der Waals surface area contributed by atoms with E-state index >= 15 is 0 Å². The third kappa shape index (κ3) is 2.01. The second-order valence-electron chi connectivity index (χ2n) is 5.78. The van der Waals surface area contributed by atoms with Crippen molar-refractivity contribution in [3.05, 3.63) is 54.1 Å². The van der Waals surface area contributed by atoms with E-state index in [1.807, 2.05) is 0 Å². The summed E-state index contributed by atoms with van der Waals surface area (Å²) in [6.07, 6.45) is 1.16. The van der Waals surface area contributed by atoms with E-state index in [4.69, 9.17) is 4.74 Å². The summed E-state index contributed by atoms with van der Waals surface area (Å²) in [6.45, 7) is 3.06. The van der Waals surface area contributed by atoms with E-state index in [-0.39, 0.29) is 0 Å². The van der Waals surface area contributed by atoms with Gasteiger partial charge in [0.1, 0.15) is 5.75 Å². The molecule has 0 spiro atoms. The van der Waals surface area contributed by atoms with Gasteiger partial charge in [0, 0.05) is 12.5 Å². The van der Waals surface area contributed by atoms with Crippen LogP contribution in [0.25, 0.3) is 11.1 Å². The molecule has 1 fully saturated rings.